The van der Waals surface area contributed by atoms with Crippen LogP contribution in [0.25, 0.3) is 0 Å². The van der Waals surface area contributed by atoms with Crippen LogP contribution in [0.5, 0.6) is 0 Å². The molecular formula is C18H22N6O. The fourth-order valence-corrected chi connectivity index (χ4v) is 3.14. The van der Waals surface area contributed by atoms with Crippen LogP contribution in [0.2, 0.25) is 0 Å². The Morgan fingerprint density at radius 1 is 1.28 bits per heavy atom. The molecule has 25 heavy (non-hydrogen) atoms. The molecule has 1 N–H and O–H groups in total. The number of hydrogen-bond donors (Lipinski definition) is 1. The molecule has 2 aromatic rings. The Balaban J connectivity index is 1.78. The molecule has 0 radical (unpaired) electrons. The normalized spacial score (nSPS) is 19.7. The second-order valence-corrected chi connectivity index (χ2v) is 6.28. The van der Waals surface area contributed by atoms with Gasteiger partial charge < -0.3 is 15.0 Å². The largest absolute Gasteiger partial charge is 0.382 e. The molecule has 0 spiro atoms. The zero-order chi connectivity index (χ0) is 17.8. The molecule has 3 heterocycles. The number of nitriles is 1. The molecule has 130 valence electrons. The first-order valence-corrected chi connectivity index (χ1v) is 8.29. The molecule has 7 nitrogen and oxygen atoms in total. The maximum Gasteiger partial charge on any atom is 0.132 e. The fraction of sp³-hybridized carbons (Fsp3) is 0.444. The number of rotatable bonds is 5. The van der Waals surface area contributed by atoms with Gasteiger partial charge in [0.1, 0.15) is 18.2 Å². The summed E-state index contributed by atoms with van der Waals surface area (Å²) in [5, 5.41) is 12.7. The molecule has 0 bridgehead atoms. The van der Waals surface area contributed by atoms with Crippen molar-refractivity contribution < 1.29 is 4.74 Å². The number of nitrogens with one attached hydrogen (secondary N) is 1. The van der Waals surface area contributed by atoms with E-state index in [0.29, 0.717) is 12.1 Å². The molecule has 2 atom stereocenters. The average Bonchev–Trinajstić information content (AvgIpc) is 3.03. The van der Waals surface area contributed by atoms with E-state index in [-0.39, 0.29) is 12.1 Å². The molecule has 1 saturated heterocycles. The average molecular weight is 338 g/mol. The van der Waals surface area contributed by atoms with E-state index in [2.05, 4.69) is 31.2 Å². The van der Waals surface area contributed by atoms with Gasteiger partial charge in [0.2, 0.25) is 0 Å². The highest BCUT2D eigenvalue weighted by Crippen LogP contribution is 2.26. The minimum absolute atomic E-state index is 0.164. The summed E-state index contributed by atoms with van der Waals surface area (Å²) in [5.41, 5.74) is 3.19. The van der Waals surface area contributed by atoms with Crippen LogP contribution < -0.4 is 10.2 Å². The van der Waals surface area contributed by atoms with Gasteiger partial charge in [0.25, 0.3) is 0 Å². The lowest BCUT2D eigenvalue weighted by molar-refractivity contribution is 0.118. The van der Waals surface area contributed by atoms with E-state index in [1.54, 1.807) is 19.6 Å². The monoisotopic (exact) mass is 338 g/mol. The standard InChI is InChI=1S/C18H22N6O/c1-12-4-17(14(7-19)8-20-12)21-9-15-6-16(25-3)10-24(15)18-5-13(2)22-11-23-18/h4-5,8,11,15-16H,6,9-10H2,1-3H3,(H,20,21)/t15-,16-/m0/s1. The van der Waals surface area contributed by atoms with Crippen molar-refractivity contribution in [2.45, 2.75) is 32.4 Å². The first-order chi connectivity index (χ1) is 12.1. The minimum Gasteiger partial charge on any atom is -0.382 e. The molecule has 1 aliphatic heterocycles. The minimum atomic E-state index is 0.164. The summed E-state index contributed by atoms with van der Waals surface area (Å²) < 4.78 is 5.56. The highest BCUT2D eigenvalue weighted by Gasteiger charge is 2.33. The van der Waals surface area contributed by atoms with Crippen LogP contribution in [-0.2, 0) is 4.74 Å². The quantitative estimate of drug-likeness (QED) is 0.893. The topological polar surface area (TPSA) is 87.0 Å². The van der Waals surface area contributed by atoms with Gasteiger partial charge in [0.05, 0.1) is 23.4 Å². The van der Waals surface area contributed by atoms with E-state index >= 15 is 0 Å². The molecule has 2 aromatic heterocycles. The fourth-order valence-electron chi connectivity index (χ4n) is 3.14. The first kappa shape index (κ1) is 17.1. The van der Waals surface area contributed by atoms with Crippen molar-refractivity contribution in [2.75, 3.05) is 30.4 Å². The van der Waals surface area contributed by atoms with Crippen molar-refractivity contribution in [1.82, 2.24) is 15.0 Å². The summed E-state index contributed by atoms with van der Waals surface area (Å²) in [6.45, 7) is 5.36. The van der Waals surface area contributed by atoms with E-state index in [9.17, 15) is 5.26 Å². The predicted molar refractivity (Wildman–Crippen MR) is 95.5 cm³/mol. The summed E-state index contributed by atoms with van der Waals surface area (Å²) in [6.07, 6.45) is 4.26. The summed E-state index contributed by atoms with van der Waals surface area (Å²) >= 11 is 0. The molecule has 0 amide bonds. The Labute approximate surface area is 147 Å². The summed E-state index contributed by atoms with van der Waals surface area (Å²) in [6, 6.07) is 6.30. The Hall–Kier alpha value is -2.72. The van der Waals surface area contributed by atoms with Crippen LogP contribution >= 0.6 is 0 Å². The van der Waals surface area contributed by atoms with Gasteiger partial charge in [-0.15, -0.1) is 0 Å². The second-order valence-electron chi connectivity index (χ2n) is 6.28. The third kappa shape index (κ3) is 3.86. The van der Waals surface area contributed by atoms with Crippen LogP contribution in [0.15, 0.2) is 24.7 Å². The van der Waals surface area contributed by atoms with Crippen molar-refractivity contribution in [1.29, 1.82) is 5.26 Å². The van der Waals surface area contributed by atoms with E-state index in [1.165, 1.54) is 0 Å². The third-order valence-corrected chi connectivity index (χ3v) is 4.48. The van der Waals surface area contributed by atoms with Crippen LogP contribution in [0.1, 0.15) is 23.4 Å². The molecule has 0 saturated carbocycles. The molecule has 0 aliphatic carbocycles. The smallest absolute Gasteiger partial charge is 0.132 e. The van der Waals surface area contributed by atoms with Gasteiger partial charge in [0, 0.05) is 43.9 Å². The number of aryl methyl sites for hydroxylation is 2. The number of nitrogens with zero attached hydrogens (tertiary/aromatic N) is 5. The van der Waals surface area contributed by atoms with E-state index in [1.807, 2.05) is 26.0 Å². The lowest BCUT2D eigenvalue weighted by atomic mass is 10.1. The van der Waals surface area contributed by atoms with Gasteiger partial charge >= 0.3 is 0 Å². The summed E-state index contributed by atoms with van der Waals surface area (Å²) in [4.78, 5) is 15.0. The number of methoxy groups -OCH3 is 1. The Bertz CT molecular complexity index is 787. The van der Waals surface area contributed by atoms with Gasteiger partial charge in [-0.2, -0.15) is 5.26 Å². The number of hydrogen-bond acceptors (Lipinski definition) is 7. The lowest BCUT2D eigenvalue weighted by Gasteiger charge is -2.26. The van der Waals surface area contributed by atoms with Gasteiger partial charge in [-0.25, -0.2) is 9.97 Å². The second kappa shape index (κ2) is 7.45. The summed E-state index contributed by atoms with van der Waals surface area (Å²) in [5.74, 6) is 0.908. The van der Waals surface area contributed by atoms with Crippen LogP contribution in [0.4, 0.5) is 11.5 Å². The highest BCUT2D eigenvalue weighted by molar-refractivity contribution is 5.57. The maximum atomic E-state index is 9.26. The number of anilines is 2. The number of ether oxygens (including phenoxy) is 1. The third-order valence-electron chi connectivity index (χ3n) is 4.48. The van der Waals surface area contributed by atoms with Gasteiger partial charge in [-0.1, -0.05) is 0 Å². The van der Waals surface area contributed by atoms with E-state index in [0.717, 1.165) is 35.9 Å². The molecule has 1 aliphatic rings. The van der Waals surface area contributed by atoms with Gasteiger partial charge in [-0.05, 0) is 26.3 Å². The van der Waals surface area contributed by atoms with Gasteiger partial charge in [-0.3, -0.25) is 4.98 Å². The maximum absolute atomic E-state index is 9.26. The molecule has 0 unspecified atom stereocenters. The van der Waals surface area contributed by atoms with E-state index in [4.69, 9.17) is 4.74 Å². The molecule has 3 rings (SSSR count). The molecule has 0 aromatic carbocycles. The zero-order valence-corrected chi connectivity index (χ0v) is 14.7. The van der Waals surface area contributed by atoms with Crippen molar-refractivity contribution in [2.24, 2.45) is 0 Å². The van der Waals surface area contributed by atoms with Crippen LogP contribution in [-0.4, -0.2) is 47.3 Å². The van der Waals surface area contributed by atoms with E-state index < -0.39 is 0 Å². The lowest BCUT2D eigenvalue weighted by Crippen LogP contribution is -2.35. The highest BCUT2D eigenvalue weighted by atomic mass is 16.5. The SMILES string of the molecule is CO[C@H]1C[C@@H](CNc2cc(C)ncc2C#N)N(c2cc(C)ncn2)C1. The molecule has 1 fully saturated rings. The predicted octanol–water partition coefficient (Wildman–Crippen LogP) is 2.07. The number of pyridine rings is 1. The molecule has 7 heteroatoms. The van der Waals surface area contributed by atoms with Crippen molar-refractivity contribution >= 4 is 11.5 Å². The van der Waals surface area contributed by atoms with Crippen molar-refractivity contribution in [3.63, 3.8) is 0 Å². The van der Waals surface area contributed by atoms with Gasteiger partial charge in [0.15, 0.2) is 0 Å². The Morgan fingerprint density at radius 3 is 2.80 bits per heavy atom. The van der Waals surface area contributed by atoms with Crippen LogP contribution in [0.3, 0.4) is 0 Å². The first-order valence-electron chi connectivity index (χ1n) is 8.29. The Kier molecular flexibility index (Phi) is 5.10. The Morgan fingerprint density at radius 2 is 2.08 bits per heavy atom. The van der Waals surface area contributed by atoms with Crippen LogP contribution in [0, 0.1) is 25.2 Å². The van der Waals surface area contributed by atoms with Crippen molar-refractivity contribution in [3.8, 4) is 6.07 Å². The summed E-state index contributed by atoms with van der Waals surface area (Å²) in [7, 11) is 1.74. The van der Waals surface area contributed by atoms with Crippen molar-refractivity contribution in [3.05, 3.63) is 41.6 Å². The zero-order valence-electron chi connectivity index (χ0n) is 14.7. The number of aromatic nitrogens is 3. The molecular weight excluding hydrogens is 316 g/mol.